The van der Waals surface area contributed by atoms with Crippen molar-refractivity contribution < 1.29 is 26.7 Å². The standard InChI is InChI=1S/C26H17F5N4O/c27-17-4-6-19(7-5-17)34-25(36)21-11-15(3-8-22(21)26(29,30)31)20-2-1-9-35-23(14-33-24(20)35)16-10-18(28)13-32-12-16/h1-11,13-14,32H,12H2,(H,34,36). The Morgan fingerprint density at radius 1 is 1.06 bits per heavy atom. The molecule has 1 aliphatic rings. The molecule has 2 N–H and O–H groups in total. The highest BCUT2D eigenvalue weighted by atomic mass is 19.4. The van der Waals surface area contributed by atoms with E-state index in [1.165, 1.54) is 30.5 Å². The first kappa shape index (κ1) is 23.3. The van der Waals surface area contributed by atoms with Crippen LogP contribution in [0.2, 0.25) is 0 Å². The second-order valence-corrected chi connectivity index (χ2v) is 8.06. The zero-order valence-electron chi connectivity index (χ0n) is 18.4. The van der Waals surface area contributed by atoms with Crippen LogP contribution in [0.15, 0.2) is 85.1 Å². The lowest BCUT2D eigenvalue weighted by Gasteiger charge is -2.15. The third kappa shape index (κ3) is 4.45. The zero-order chi connectivity index (χ0) is 25.4. The van der Waals surface area contributed by atoms with E-state index >= 15 is 0 Å². The number of halogens is 5. The van der Waals surface area contributed by atoms with Gasteiger partial charge < -0.3 is 10.6 Å². The summed E-state index contributed by atoms with van der Waals surface area (Å²) in [6, 6.07) is 11.3. The van der Waals surface area contributed by atoms with Crippen molar-refractivity contribution in [3.8, 4) is 11.1 Å². The Labute approximate surface area is 201 Å². The highest BCUT2D eigenvalue weighted by Crippen LogP contribution is 2.36. The number of allylic oxidation sites excluding steroid dienone is 2. The molecule has 0 unspecified atom stereocenters. The number of rotatable bonds is 4. The maximum absolute atomic E-state index is 13.7. The molecular formula is C26H17F5N4O. The van der Waals surface area contributed by atoms with Crippen molar-refractivity contribution in [3.05, 3.63) is 108 Å². The van der Waals surface area contributed by atoms with Crippen molar-refractivity contribution in [1.82, 2.24) is 14.7 Å². The Morgan fingerprint density at radius 2 is 1.83 bits per heavy atom. The summed E-state index contributed by atoms with van der Waals surface area (Å²) in [6.45, 7) is 0.374. The summed E-state index contributed by atoms with van der Waals surface area (Å²) in [6.07, 6.45) is 1.11. The number of anilines is 1. The van der Waals surface area contributed by atoms with Crippen LogP contribution in [0.3, 0.4) is 0 Å². The predicted octanol–water partition coefficient (Wildman–Crippen LogP) is 6.21. The van der Waals surface area contributed by atoms with E-state index < -0.39 is 34.9 Å². The van der Waals surface area contributed by atoms with E-state index in [4.69, 9.17) is 0 Å². The molecule has 5 rings (SSSR count). The Balaban J connectivity index is 1.58. The van der Waals surface area contributed by atoms with E-state index in [0.717, 1.165) is 24.3 Å². The summed E-state index contributed by atoms with van der Waals surface area (Å²) in [5, 5.41) is 5.21. The van der Waals surface area contributed by atoms with Gasteiger partial charge in [-0.3, -0.25) is 9.20 Å². The molecule has 3 heterocycles. The molecule has 1 amide bonds. The van der Waals surface area contributed by atoms with Gasteiger partial charge in [0.25, 0.3) is 5.91 Å². The average Bonchev–Trinajstić information content (AvgIpc) is 3.29. The number of benzene rings is 2. The third-order valence-electron chi connectivity index (χ3n) is 5.69. The normalized spacial score (nSPS) is 13.7. The van der Waals surface area contributed by atoms with Crippen LogP contribution < -0.4 is 10.6 Å². The number of alkyl halides is 3. The van der Waals surface area contributed by atoms with Crippen LogP contribution in [0, 0.1) is 5.82 Å². The summed E-state index contributed by atoms with van der Waals surface area (Å²) < 4.78 is 69.8. The van der Waals surface area contributed by atoms with Crippen LogP contribution in [0.25, 0.3) is 22.3 Å². The summed E-state index contributed by atoms with van der Waals surface area (Å²) in [5.74, 6) is -1.98. The van der Waals surface area contributed by atoms with E-state index in [-0.39, 0.29) is 5.69 Å². The Bertz CT molecular complexity index is 1530. The fourth-order valence-corrected chi connectivity index (χ4v) is 4.03. The molecule has 36 heavy (non-hydrogen) atoms. The Morgan fingerprint density at radius 3 is 2.56 bits per heavy atom. The molecule has 0 fully saturated rings. The van der Waals surface area contributed by atoms with Crippen LogP contribution >= 0.6 is 0 Å². The van der Waals surface area contributed by atoms with Gasteiger partial charge in [0, 0.05) is 30.2 Å². The Hall–Kier alpha value is -4.47. The number of pyridine rings is 1. The fraction of sp³-hybridized carbons (Fsp3) is 0.0769. The summed E-state index contributed by atoms with van der Waals surface area (Å²) >= 11 is 0. The van der Waals surface area contributed by atoms with Crippen LogP contribution in [0.5, 0.6) is 0 Å². The highest BCUT2D eigenvalue weighted by Gasteiger charge is 2.35. The van der Waals surface area contributed by atoms with Crippen molar-refractivity contribution in [1.29, 1.82) is 0 Å². The third-order valence-corrected chi connectivity index (χ3v) is 5.69. The smallest absolute Gasteiger partial charge is 0.384 e. The number of aromatic nitrogens is 2. The number of hydrogen-bond donors (Lipinski definition) is 2. The van der Waals surface area contributed by atoms with Crippen molar-refractivity contribution >= 4 is 22.8 Å². The van der Waals surface area contributed by atoms with Gasteiger partial charge in [-0.15, -0.1) is 0 Å². The quantitative estimate of drug-likeness (QED) is 0.331. The molecule has 2 aromatic carbocycles. The monoisotopic (exact) mass is 496 g/mol. The lowest BCUT2D eigenvalue weighted by atomic mass is 9.98. The van der Waals surface area contributed by atoms with E-state index in [0.29, 0.717) is 34.6 Å². The molecule has 0 atom stereocenters. The van der Waals surface area contributed by atoms with Crippen LogP contribution in [0.1, 0.15) is 21.6 Å². The van der Waals surface area contributed by atoms with Gasteiger partial charge in [0.05, 0.1) is 23.0 Å². The topological polar surface area (TPSA) is 58.4 Å². The molecule has 2 aromatic heterocycles. The van der Waals surface area contributed by atoms with Crippen LogP contribution in [0.4, 0.5) is 27.6 Å². The minimum absolute atomic E-state index is 0.149. The van der Waals surface area contributed by atoms with Crippen molar-refractivity contribution in [3.63, 3.8) is 0 Å². The van der Waals surface area contributed by atoms with Gasteiger partial charge in [-0.25, -0.2) is 13.8 Å². The largest absolute Gasteiger partial charge is 0.417 e. The van der Waals surface area contributed by atoms with E-state index in [1.54, 1.807) is 28.9 Å². The van der Waals surface area contributed by atoms with Gasteiger partial charge in [-0.1, -0.05) is 6.07 Å². The fourth-order valence-electron chi connectivity index (χ4n) is 4.03. The van der Waals surface area contributed by atoms with Gasteiger partial charge in [0.15, 0.2) is 0 Å². The first-order valence-electron chi connectivity index (χ1n) is 10.8. The van der Waals surface area contributed by atoms with Gasteiger partial charge >= 0.3 is 6.18 Å². The number of nitrogens with zero attached hydrogens (tertiary/aromatic N) is 2. The second kappa shape index (κ2) is 8.95. The molecule has 0 radical (unpaired) electrons. The molecule has 0 saturated carbocycles. The first-order chi connectivity index (χ1) is 17.2. The molecular weight excluding hydrogens is 479 g/mol. The highest BCUT2D eigenvalue weighted by molar-refractivity contribution is 6.06. The molecule has 182 valence electrons. The molecule has 0 aliphatic carbocycles. The summed E-state index contributed by atoms with van der Waals surface area (Å²) in [4.78, 5) is 17.3. The van der Waals surface area contributed by atoms with Crippen LogP contribution in [-0.4, -0.2) is 21.8 Å². The number of nitrogens with one attached hydrogen (secondary N) is 2. The summed E-state index contributed by atoms with van der Waals surface area (Å²) in [5.41, 5.74) is 0.941. The first-order valence-corrected chi connectivity index (χ1v) is 10.8. The maximum Gasteiger partial charge on any atom is 0.417 e. The molecule has 1 aliphatic heterocycles. The second-order valence-electron chi connectivity index (χ2n) is 8.06. The van der Waals surface area contributed by atoms with E-state index in [2.05, 4.69) is 15.6 Å². The number of amides is 1. The van der Waals surface area contributed by atoms with Gasteiger partial charge in [-0.2, -0.15) is 13.2 Å². The SMILES string of the molecule is O=C(Nc1ccc(F)cc1)c1cc(-c2cccn3c(C4=CC(F)=CNC4)cnc23)ccc1C(F)(F)F. The molecule has 10 heteroatoms. The number of fused-ring (bicyclic) bond motifs is 1. The lowest BCUT2D eigenvalue weighted by molar-refractivity contribution is -0.137. The van der Waals surface area contributed by atoms with Crippen molar-refractivity contribution in [2.75, 3.05) is 11.9 Å². The van der Waals surface area contributed by atoms with Crippen molar-refractivity contribution in [2.45, 2.75) is 6.18 Å². The minimum atomic E-state index is -4.78. The molecule has 4 aromatic rings. The van der Waals surface area contributed by atoms with E-state index in [1.807, 2.05) is 0 Å². The van der Waals surface area contributed by atoms with Crippen LogP contribution in [-0.2, 0) is 6.18 Å². The minimum Gasteiger partial charge on any atom is -0.384 e. The maximum atomic E-state index is 13.7. The Kier molecular flexibility index (Phi) is 5.79. The molecule has 0 saturated heterocycles. The number of carbonyl (C=O) groups is 1. The van der Waals surface area contributed by atoms with Crippen molar-refractivity contribution in [2.24, 2.45) is 0 Å². The predicted molar refractivity (Wildman–Crippen MR) is 125 cm³/mol. The average molecular weight is 496 g/mol. The van der Waals surface area contributed by atoms with E-state index in [9.17, 15) is 26.7 Å². The molecule has 5 nitrogen and oxygen atoms in total. The molecule has 0 bridgehead atoms. The number of carbonyl (C=O) groups excluding carboxylic acids is 1. The summed E-state index contributed by atoms with van der Waals surface area (Å²) in [7, 11) is 0. The molecule has 0 spiro atoms. The number of hydrogen-bond acceptors (Lipinski definition) is 3. The van der Waals surface area contributed by atoms with Gasteiger partial charge in [-0.05, 0) is 65.7 Å². The lowest BCUT2D eigenvalue weighted by Crippen LogP contribution is -2.19. The van der Waals surface area contributed by atoms with Gasteiger partial charge in [0.1, 0.15) is 17.3 Å². The van der Waals surface area contributed by atoms with Gasteiger partial charge in [0.2, 0.25) is 0 Å². The number of imidazole rings is 1. The zero-order valence-corrected chi connectivity index (χ0v) is 18.4. The number of dihydropyridines is 1.